The van der Waals surface area contributed by atoms with Crippen LogP contribution in [0.25, 0.3) is 0 Å². The van der Waals surface area contributed by atoms with Crippen molar-refractivity contribution in [1.29, 1.82) is 0 Å². The van der Waals surface area contributed by atoms with Gasteiger partial charge in [-0.1, -0.05) is 12.1 Å². The molecule has 2 N–H and O–H groups in total. The molecule has 0 saturated heterocycles. The van der Waals surface area contributed by atoms with Crippen LogP contribution in [0.1, 0.15) is 15.9 Å². The summed E-state index contributed by atoms with van der Waals surface area (Å²) in [7, 11) is 5.23. The van der Waals surface area contributed by atoms with Crippen LogP contribution in [0.5, 0.6) is 5.75 Å². The number of benzene rings is 2. The first-order valence-corrected chi connectivity index (χ1v) is 6.38. The van der Waals surface area contributed by atoms with E-state index in [0.29, 0.717) is 16.9 Å². The number of anilines is 2. The summed E-state index contributed by atoms with van der Waals surface area (Å²) in [6.45, 7) is 0. The van der Waals surface area contributed by atoms with E-state index in [4.69, 9.17) is 4.74 Å². The molecule has 0 aliphatic carbocycles. The van der Waals surface area contributed by atoms with Gasteiger partial charge in [-0.15, -0.1) is 0 Å². The summed E-state index contributed by atoms with van der Waals surface area (Å²) in [6, 6.07) is 12.8. The number of ketones is 1. The molecule has 4 nitrogen and oxygen atoms in total. The van der Waals surface area contributed by atoms with Crippen molar-refractivity contribution in [1.82, 2.24) is 0 Å². The van der Waals surface area contributed by atoms with E-state index in [0.717, 1.165) is 11.4 Å². The fourth-order valence-corrected chi connectivity index (χ4v) is 2.03. The van der Waals surface area contributed by atoms with Crippen LogP contribution in [-0.4, -0.2) is 27.0 Å². The molecule has 2 aromatic carbocycles. The first-order valence-electron chi connectivity index (χ1n) is 6.38. The van der Waals surface area contributed by atoms with Gasteiger partial charge >= 0.3 is 0 Å². The first-order chi connectivity index (χ1) is 9.69. The maximum Gasteiger partial charge on any atom is 0.193 e. The Kier molecular flexibility index (Phi) is 4.25. The maximum atomic E-state index is 12.5. The van der Waals surface area contributed by atoms with Crippen LogP contribution in [0.4, 0.5) is 11.4 Å². The van der Waals surface area contributed by atoms with E-state index < -0.39 is 0 Å². The molecule has 20 heavy (non-hydrogen) atoms. The number of carbonyl (C=O) groups excluding carboxylic acids is 1. The van der Waals surface area contributed by atoms with E-state index in [1.807, 2.05) is 31.3 Å². The van der Waals surface area contributed by atoms with E-state index in [2.05, 4.69) is 10.6 Å². The molecular weight excluding hydrogens is 252 g/mol. The lowest BCUT2D eigenvalue weighted by Crippen LogP contribution is -2.04. The minimum atomic E-state index is -0.0127. The third-order valence-electron chi connectivity index (χ3n) is 3.14. The molecule has 0 fully saturated rings. The first kappa shape index (κ1) is 13.9. The van der Waals surface area contributed by atoms with E-state index in [-0.39, 0.29) is 5.78 Å². The van der Waals surface area contributed by atoms with Gasteiger partial charge in [-0.2, -0.15) is 0 Å². The highest BCUT2D eigenvalue weighted by Gasteiger charge is 2.12. The van der Waals surface area contributed by atoms with Gasteiger partial charge in [0.15, 0.2) is 5.78 Å². The number of hydrogen-bond donors (Lipinski definition) is 2. The van der Waals surface area contributed by atoms with E-state index >= 15 is 0 Å². The number of carbonyl (C=O) groups is 1. The van der Waals surface area contributed by atoms with Gasteiger partial charge in [0.05, 0.1) is 12.8 Å². The molecule has 0 spiro atoms. The van der Waals surface area contributed by atoms with E-state index in [1.165, 1.54) is 0 Å². The van der Waals surface area contributed by atoms with Crippen LogP contribution in [0.3, 0.4) is 0 Å². The lowest BCUT2D eigenvalue weighted by molar-refractivity contribution is 0.103. The molecule has 2 rings (SSSR count). The summed E-state index contributed by atoms with van der Waals surface area (Å²) in [4.78, 5) is 12.5. The highest BCUT2D eigenvalue weighted by atomic mass is 16.5. The fraction of sp³-hybridized carbons (Fsp3) is 0.188. The standard InChI is InChI=1S/C16H18N2O2/c1-17-13-6-4-5-11(9-13)16(19)12-7-8-15(20-3)14(10-12)18-2/h4-10,17-18H,1-3H3. The number of ether oxygens (including phenoxy) is 1. The molecule has 0 aliphatic heterocycles. The Morgan fingerprint density at radius 3 is 2.40 bits per heavy atom. The summed E-state index contributed by atoms with van der Waals surface area (Å²) in [5, 5.41) is 6.06. The quantitative estimate of drug-likeness (QED) is 0.820. The van der Waals surface area contributed by atoms with Gasteiger partial charge in [0.1, 0.15) is 5.75 Å². The monoisotopic (exact) mass is 270 g/mol. The minimum Gasteiger partial charge on any atom is -0.495 e. The summed E-state index contributed by atoms with van der Waals surface area (Å²) < 4.78 is 5.23. The van der Waals surface area contributed by atoms with Gasteiger partial charge in [-0.3, -0.25) is 4.79 Å². The van der Waals surface area contributed by atoms with Crippen molar-refractivity contribution in [3.05, 3.63) is 53.6 Å². The Morgan fingerprint density at radius 2 is 1.75 bits per heavy atom. The Hall–Kier alpha value is -2.49. The molecule has 0 amide bonds. The largest absolute Gasteiger partial charge is 0.495 e. The molecule has 4 heteroatoms. The van der Waals surface area contributed by atoms with Gasteiger partial charge in [-0.25, -0.2) is 0 Å². The van der Waals surface area contributed by atoms with Gasteiger partial charge < -0.3 is 15.4 Å². The zero-order valence-electron chi connectivity index (χ0n) is 11.9. The third-order valence-corrected chi connectivity index (χ3v) is 3.14. The van der Waals surface area contributed by atoms with E-state index in [9.17, 15) is 4.79 Å². The molecule has 0 atom stereocenters. The fourth-order valence-electron chi connectivity index (χ4n) is 2.03. The normalized spacial score (nSPS) is 9.95. The van der Waals surface area contributed by atoms with Crippen molar-refractivity contribution in [2.24, 2.45) is 0 Å². The van der Waals surface area contributed by atoms with Crippen LogP contribution >= 0.6 is 0 Å². The van der Waals surface area contributed by atoms with Gasteiger partial charge in [0.25, 0.3) is 0 Å². The Balaban J connectivity index is 2.37. The Morgan fingerprint density at radius 1 is 1.00 bits per heavy atom. The lowest BCUT2D eigenvalue weighted by Gasteiger charge is -2.10. The van der Waals surface area contributed by atoms with Crippen molar-refractivity contribution in [2.45, 2.75) is 0 Å². The molecule has 0 heterocycles. The van der Waals surface area contributed by atoms with Crippen molar-refractivity contribution in [2.75, 3.05) is 31.8 Å². The van der Waals surface area contributed by atoms with E-state index in [1.54, 1.807) is 32.4 Å². The molecule has 2 aromatic rings. The SMILES string of the molecule is CNc1cccc(C(=O)c2ccc(OC)c(NC)c2)c1. The predicted molar refractivity (Wildman–Crippen MR) is 82.0 cm³/mol. The molecule has 0 aromatic heterocycles. The third kappa shape index (κ3) is 2.74. The minimum absolute atomic E-state index is 0.0127. The molecule has 0 radical (unpaired) electrons. The molecule has 104 valence electrons. The van der Waals surface area contributed by atoms with Crippen molar-refractivity contribution in [3.8, 4) is 5.75 Å². The summed E-state index contributed by atoms with van der Waals surface area (Å²) in [5.41, 5.74) is 2.99. The van der Waals surface area contributed by atoms with Gasteiger partial charge in [0, 0.05) is 30.9 Å². The number of nitrogens with one attached hydrogen (secondary N) is 2. The molecule has 0 bridgehead atoms. The second-order valence-electron chi connectivity index (χ2n) is 4.32. The highest BCUT2D eigenvalue weighted by Crippen LogP contribution is 2.26. The second kappa shape index (κ2) is 6.10. The molecular formula is C16H18N2O2. The van der Waals surface area contributed by atoms with Crippen LogP contribution < -0.4 is 15.4 Å². The summed E-state index contributed by atoms with van der Waals surface area (Å²) >= 11 is 0. The van der Waals surface area contributed by atoms with Gasteiger partial charge in [-0.05, 0) is 30.3 Å². The summed E-state index contributed by atoms with van der Waals surface area (Å²) in [5.74, 6) is 0.703. The zero-order valence-corrected chi connectivity index (χ0v) is 11.9. The average Bonchev–Trinajstić information content (AvgIpc) is 2.53. The van der Waals surface area contributed by atoms with Crippen molar-refractivity contribution in [3.63, 3.8) is 0 Å². The molecule has 0 saturated carbocycles. The highest BCUT2D eigenvalue weighted by molar-refractivity contribution is 6.10. The smallest absolute Gasteiger partial charge is 0.193 e. The average molecular weight is 270 g/mol. The Bertz CT molecular complexity index is 624. The van der Waals surface area contributed by atoms with Crippen molar-refractivity contribution < 1.29 is 9.53 Å². The number of rotatable bonds is 5. The molecule has 0 unspecified atom stereocenters. The van der Waals surface area contributed by atoms with Crippen LogP contribution in [-0.2, 0) is 0 Å². The maximum absolute atomic E-state index is 12.5. The Labute approximate surface area is 118 Å². The number of hydrogen-bond acceptors (Lipinski definition) is 4. The lowest BCUT2D eigenvalue weighted by atomic mass is 10.0. The number of methoxy groups -OCH3 is 1. The van der Waals surface area contributed by atoms with Gasteiger partial charge in [0.2, 0.25) is 0 Å². The van der Waals surface area contributed by atoms with Crippen LogP contribution in [0.15, 0.2) is 42.5 Å². The van der Waals surface area contributed by atoms with Crippen LogP contribution in [0, 0.1) is 0 Å². The zero-order chi connectivity index (χ0) is 14.5. The van der Waals surface area contributed by atoms with Crippen LogP contribution in [0.2, 0.25) is 0 Å². The second-order valence-corrected chi connectivity index (χ2v) is 4.32. The topological polar surface area (TPSA) is 50.4 Å². The predicted octanol–water partition coefficient (Wildman–Crippen LogP) is 3.01. The van der Waals surface area contributed by atoms with Crippen molar-refractivity contribution >= 4 is 17.2 Å². The molecule has 0 aliphatic rings. The summed E-state index contributed by atoms with van der Waals surface area (Å²) in [6.07, 6.45) is 0.